The van der Waals surface area contributed by atoms with Crippen molar-refractivity contribution in [1.82, 2.24) is 15.2 Å². The fourth-order valence-corrected chi connectivity index (χ4v) is 6.10. The predicted octanol–water partition coefficient (Wildman–Crippen LogP) is 7.57. The van der Waals surface area contributed by atoms with Gasteiger partial charge in [-0.05, 0) is 82.9 Å². The van der Waals surface area contributed by atoms with E-state index in [0.29, 0.717) is 41.8 Å². The van der Waals surface area contributed by atoms with Crippen LogP contribution in [0.2, 0.25) is 0 Å². The van der Waals surface area contributed by atoms with Gasteiger partial charge in [0, 0.05) is 36.2 Å². The topological polar surface area (TPSA) is 121 Å². The molecule has 45 heavy (non-hydrogen) atoms. The number of ether oxygens (including phenoxy) is 1. The van der Waals surface area contributed by atoms with Crippen LogP contribution in [0.3, 0.4) is 0 Å². The number of carbonyl (C=O) groups excluding carboxylic acids is 2. The van der Waals surface area contributed by atoms with E-state index < -0.39 is 29.1 Å². The lowest BCUT2D eigenvalue weighted by molar-refractivity contribution is -0.117. The molecule has 2 aliphatic carbocycles. The zero-order valence-electron chi connectivity index (χ0n) is 26.2. The van der Waals surface area contributed by atoms with E-state index in [2.05, 4.69) is 15.6 Å². The van der Waals surface area contributed by atoms with Crippen molar-refractivity contribution in [3.8, 4) is 22.4 Å². The Labute approximate surface area is 263 Å². The Bertz CT molecular complexity index is 1560. The summed E-state index contributed by atoms with van der Waals surface area (Å²) in [6.45, 7) is 5.35. The van der Waals surface area contributed by atoms with Crippen LogP contribution in [0.15, 0.2) is 60.8 Å². The zero-order chi connectivity index (χ0) is 32.4. The van der Waals surface area contributed by atoms with Crippen LogP contribution in [0.5, 0.6) is 0 Å². The molecule has 9 nitrogen and oxygen atoms in total. The number of rotatable bonds is 8. The van der Waals surface area contributed by atoms with Crippen LogP contribution in [-0.2, 0) is 15.1 Å². The van der Waals surface area contributed by atoms with E-state index in [1.54, 1.807) is 46.1 Å². The van der Waals surface area contributed by atoms with Gasteiger partial charge in [0.2, 0.25) is 5.91 Å². The maximum Gasteiger partial charge on any atom is 0.408 e. The lowest BCUT2D eigenvalue weighted by Gasteiger charge is -2.32. The highest BCUT2D eigenvalue weighted by Crippen LogP contribution is 2.47. The maximum absolute atomic E-state index is 15.7. The molecule has 1 heterocycles. The first-order chi connectivity index (χ1) is 21.3. The molecular formula is C35H41FN4O5. The van der Waals surface area contributed by atoms with Gasteiger partial charge >= 0.3 is 12.2 Å². The first kappa shape index (κ1) is 31.9. The van der Waals surface area contributed by atoms with Crippen molar-refractivity contribution < 1.29 is 28.6 Å². The number of alkyl carbamates (subject to hydrolysis) is 1. The van der Waals surface area contributed by atoms with Gasteiger partial charge in [0.05, 0.1) is 23.1 Å². The fourth-order valence-electron chi connectivity index (χ4n) is 6.10. The van der Waals surface area contributed by atoms with Gasteiger partial charge in [-0.3, -0.25) is 9.78 Å². The van der Waals surface area contributed by atoms with Crippen LogP contribution in [-0.4, -0.2) is 51.8 Å². The van der Waals surface area contributed by atoms with Crippen LogP contribution in [0.1, 0.15) is 71.3 Å². The van der Waals surface area contributed by atoms with Crippen molar-refractivity contribution in [2.24, 2.45) is 5.92 Å². The summed E-state index contributed by atoms with van der Waals surface area (Å²) < 4.78 is 21.1. The van der Waals surface area contributed by atoms with Crippen molar-refractivity contribution in [3.05, 3.63) is 72.2 Å². The van der Waals surface area contributed by atoms with Gasteiger partial charge in [0.1, 0.15) is 11.4 Å². The second kappa shape index (κ2) is 12.9. The van der Waals surface area contributed by atoms with Crippen LogP contribution in [0.25, 0.3) is 22.4 Å². The SMILES string of the molecule is CN(C(=O)O)C1CCC(CC(=O)Nc2cnc(-c3ccc(C4(NC(=O)OC(C)(C)C)CC4)c(F)c3)c(-c3ccccc3)c2)CC1. The Morgan fingerprint density at radius 2 is 1.71 bits per heavy atom. The van der Waals surface area contributed by atoms with Gasteiger partial charge in [-0.1, -0.05) is 42.5 Å². The van der Waals surface area contributed by atoms with Gasteiger partial charge in [-0.25, -0.2) is 14.0 Å². The Morgan fingerprint density at radius 3 is 2.31 bits per heavy atom. The molecular weight excluding hydrogens is 575 g/mol. The molecule has 0 radical (unpaired) electrons. The summed E-state index contributed by atoms with van der Waals surface area (Å²) in [5, 5.41) is 15.1. The summed E-state index contributed by atoms with van der Waals surface area (Å²) in [6, 6.07) is 16.4. The van der Waals surface area contributed by atoms with Crippen LogP contribution in [0, 0.1) is 11.7 Å². The van der Waals surface area contributed by atoms with Crippen molar-refractivity contribution in [2.75, 3.05) is 12.4 Å². The molecule has 0 spiro atoms. The average Bonchev–Trinajstić information content (AvgIpc) is 3.76. The first-order valence-electron chi connectivity index (χ1n) is 15.5. The third kappa shape index (κ3) is 7.79. The minimum atomic E-state index is -0.929. The molecule has 2 fully saturated rings. The van der Waals surface area contributed by atoms with Gasteiger partial charge in [0.15, 0.2) is 0 Å². The van der Waals surface area contributed by atoms with E-state index in [1.165, 1.54) is 11.0 Å². The number of pyridine rings is 1. The number of hydrogen-bond acceptors (Lipinski definition) is 5. The van der Waals surface area contributed by atoms with Crippen molar-refractivity contribution in [2.45, 2.75) is 82.9 Å². The van der Waals surface area contributed by atoms with E-state index in [9.17, 15) is 19.5 Å². The summed E-state index contributed by atoms with van der Waals surface area (Å²) in [7, 11) is 1.59. The number of anilines is 1. The largest absolute Gasteiger partial charge is 0.465 e. The molecule has 2 saturated carbocycles. The first-order valence-corrected chi connectivity index (χ1v) is 15.5. The Hall–Kier alpha value is -4.47. The number of aromatic nitrogens is 1. The van der Waals surface area contributed by atoms with E-state index in [0.717, 1.165) is 36.8 Å². The van der Waals surface area contributed by atoms with E-state index >= 15 is 4.39 Å². The Balaban J connectivity index is 1.32. The third-order valence-corrected chi connectivity index (χ3v) is 8.64. The summed E-state index contributed by atoms with van der Waals surface area (Å²) in [5.41, 5.74) is 2.24. The maximum atomic E-state index is 15.7. The third-order valence-electron chi connectivity index (χ3n) is 8.64. The molecule has 0 atom stereocenters. The molecule has 2 aliphatic rings. The van der Waals surface area contributed by atoms with Crippen molar-refractivity contribution in [3.63, 3.8) is 0 Å². The molecule has 3 N–H and O–H groups in total. The molecule has 3 amide bonds. The molecule has 238 valence electrons. The average molecular weight is 617 g/mol. The highest BCUT2D eigenvalue weighted by atomic mass is 19.1. The van der Waals surface area contributed by atoms with Gasteiger partial charge in [-0.2, -0.15) is 0 Å². The standard InChI is InChI=1S/C35H41FN4O5/c1-34(2,3)45-32(42)39-35(16-17-35)28-15-12-24(19-29(28)36)31-27(23-8-6-5-7-9-23)20-25(21-37-31)38-30(41)18-22-10-13-26(14-11-22)40(4)33(43)44/h5-9,12,15,19-22,26H,10-11,13-14,16-18H2,1-4H3,(H,38,41)(H,39,42)(H,43,44). The summed E-state index contributed by atoms with van der Waals surface area (Å²) in [6.07, 6.45) is 4.71. The highest BCUT2D eigenvalue weighted by Gasteiger charge is 2.48. The number of amides is 3. The molecule has 1 aromatic heterocycles. The second-order valence-electron chi connectivity index (χ2n) is 13.2. The van der Waals surface area contributed by atoms with Crippen molar-refractivity contribution in [1.29, 1.82) is 0 Å². The zero-order valence-corrected chi connectivity index (χ0v) is 26.2. The quantitative estimate of drug-likeness (QED) is 0.240. The summed E-state index contributed by atoms with van der Waals surface area (Å²) >= 11 is 0. The number of halogens is 1. The van der Waals surface area contributed by atoms with Gasteiger partial charge in [0.25, 0.3) is 0 Å². The molecule has 0 aliphatic heterocycles. The second-order valence-corrected chi connectivity index (χ2v) is 13.2. The molecule has 0 unspecified atom stereocenters. The summed E-state index contributed by atoms with van der Waals surface area (Å²) in [4.78, 5) is 42.8. The van der Waals surface area contributed by atoms with Crippen molar-refractivity contribution >= 4 is 23.8 Å². The molecule has 0 saturated heterocycles. The van der Waals surface area contributed by atoms with Gasteiger partial charge in [-0.15, -0.1) is 0 Å². The van der Waals surface area contributed by atoms with E-state index in [4.69, 9.17) is 4.74 Å². The molecule has 0 bridgehead atoms. The molecule has 3 aromatic rings. The lowest BCUT2D eigenvalue weighted by Crippen LogP contribution is -2.39. The number of carbonyl (C=O) groups is 3. The van der Waals surface area contributed by atoms with E-state index in [-0.39, 0.29) is 17.9 Å². The Kier molecular flexibility index (Phi) is 9.13. The lowest BCUT2D eigenvalue weighted by atomic mass is 9.83. The fraction of sp³-hybridized carbons (Fsp3) is 0.429. The number of benzene rings is 2. The monoisotopic (exact) mass is 616 g/mol. The number of nitrogens with one attached hydrogen (secondary N) is 2. The smallest absolute Gasteiger partial charge is 0.408 e. The molecule has 10 heteroatoms. The highest BCUT2D eigenvalue weighted by molar-refractivity contribution is 5.93. The molecule has 5 rings (SSSR count). The normalized spacial score (nSPS) is 18.9. The van der Waals surface area contributed by atoms with E-state index in [1.807, 2.05) is 36.4 Å². The van der Waals surface area contributed by atoms with Crippen LogP contribution in [0.4, 0.5) is 19.7 Å². The summed E-state index contributed by atoms with van der Waals surface area (Å²) in [5.74, 6) is -0.380. The Morgan fingerprint density at radius 1 is 1.02 bits per heavy atom. The van der Waals surface area contributed by atoms with Crippen LogP contribution < -0.4 is 10.6 Å². The number of carboxylic acid groups (broad SMARTS) is 1. The number of hydrogen-bond donors (Lipinski definition) is 3. The molecule has 2 aromatic carbocycles. The van der Waals surface area contributed by atoms with Crippen LogP contribution >= 0.6 is 0 Å². The number of nitrogens with zero attached hydrogens (tertiary/aromatic N) is 2. The minimum absolute atomic E-state index is 0.0121. The predicted molar refractivity (Wildman–Crippen MR) is 170 cm³/mol. The minimum Gasteiger partial charge on any atom is -0.465 e. The van der Waals surface area contributed by atoms with Gasteiger partial charge < -0.3 is 25.4 Å².